The molecule has 0 aromatic carbocycles. The molecule has 1 aliphatic rings. The van der Waals surface area contributed by atoms with Gasteiger partial charge in [0.15, 0.2) is 0 Å². The Labute approximate surface area is 54.3 Å². The molecule has 1 rings (SSSR count). The molecule has 1 heterocycles. The van der Waals surface area contributed by atoms with Gasteiger partial charge in [-0.15, -0.1) is 0 Å². The van der Waals surface area contributed by atoms with E-state index < -0.39 is 12.3 Å². The molecule has 2 nitrogen and oxygen atoms in total. The second-order valence-electron chi connectivity index (χ2n) is 2.69. The summed E-state index contributed by atoms with van der Waals surface area (Å²) in [7, 11) is 1.81. The Balaban J connectivity index is 2.54. The van der Waals surface area contributed by atoms with E-state index in [4.69, 9.17) is 5.11 Å². The fraction of sp³-hybridized carbons (Fsp3) is 1.00. The summed E-state index contributed by atoms with van der Waals surface area (Å²) in [6.07, 6.45) is -1.83. The number of hydrogen-bond acceptors (Lipinski definition) is 2. The maximum atomic E-state index is 12.5. The third-order valence-corrected chi connectivity index (χ3v) is 2.02. The summed E-state index contributed by atoms with van der Waals surface area (Å²) >= 11 is 0. The van der Waals surface area contributed by atoms with Crippen LogP contribution in [0.25, 0.3) is 0 Å². The number of likely N-dealkylation sites (tertiary alicyclic amines) is 1. The van der Waals surface area contributed by atoms with Gasteiger partial charge in [-0.1, -0.05) is 0 Å². The van der Waals surface area contributed by atoms with E-state index in [0.717, 1.165) is 0 Å². The van der Waals surface area contributed by atoms with Gasteiger partial charge in [0.25, 0.3) is 0 Å². The fourth-order valence-electron chi connectivity index (χ4n) is 1.11. The van der Waals surface area contributed by atoms with Crippen LogP contribution in [-0.2, 0) is 0 Å². The van der Waals surface area contributed by atoms with E-state index in [0.29, 0.717) is 6.54 Å². The molecule has 0 saturated carbocycles. The predicted octanol–water partition coefficient (Wildman–Crippen LogP) is 0.0193. The summed E-state index contributed by atoms with van der Waals surface area (Å²) in [5, 5.41) is 9.02. The highest BCUT2D eigenvalue weighted by Crippen LogP contribution is 2.17. The van der Waals surface area contributed by atoms with Crippen molar-refractivity contribution in [3.8, 4) is 0 Å². The first kappa shape index (κ1) is 6.96. The van der Waals surface area contributed by atoms with E-state index in [9.17, 15) is 4.39 Å². The van der Waals surface area contributed by atoms with E-state index >= 15 is 0 Å². The highest BCUT2D eigenvalue weighted by atomic mass is 19.1. The summed E-state index contributed by atoms with van der Waals surface area (Å²) in [6, 6.07) is -0.0278. The van der Waals surface area contributed by atoms with Crippen LogP contribution in [0, 0.1) is 0 Å². The number of aliphatic hydroxyl groups excluding tert-OH is 1. The van der Waals surface area contributed by atoms with Crippen LogP contribution in [0.1, 0.15) is 6.92 Å². The average Bonchev–Trinajstić information content (AvgIpc) is 1.98. The minimum atomic E-state index is -1.05. The van der Waals surface area contributed by atoms with E-state index in [2.05, 4.69) is 0 Å². The van der Waals surface area contributed by atoms with Crippen molar-refractivity contribution in [2.75, 3.05) is 13.6 Å². The lowest BCUT2D eigenvalue weighted by Crippen LogP contribution is -2.29. The Morgan fingerprint density at radius 1 is 1.67 bits per heavy atom. The SMILES string of the molecule is CC1[C@H](O)[C@@H](F)CN1C. The van der Waals surface area contributed by atoms with Crippen molar-refractivity contribution in [1.82, 2.24) is 4.90 Å². The largest absolute Gasteiger partial charge is 0.388 e. The summed E-state index contributed by atoms with van der Waals surface area (Å²) in [6.45, 7) is 2.19. The Morgan fingerprint density at radius 2 is 2.22 bits per heavy atom. The molecule has 0 bridgehead atoms. The number of likely N-dealkylation sites (N-methyl/N-ethyl adjacent to an activating group) is 1. The third-order valence-electron chi connectivity index (χ3n) is 2.02. The number of nitrogens with zero attached hydrogens (tertiary/aromatic N) is 1. The molecule has 0 aromatic rings. The summed E-state index contributed by atoms with van der Waals surface area (Å²) in [5.74, 6) is 0. The van der Waals surface area contributed by atoms with E-state index in [1.54, 1.807) is 0 Å². The van der Waals surface area contributed by atoms with Crippen LogP contribution < -0.4 is 0 Å². The second-order valence-corrected chi connectivity index (χ2v) is 2.69. The number of rotatable bonds is 0. The molecule has 0 spiro atoms. The van der Waals surface area contributed by atoms with Gasteiger partial charge in [-0.25, -0.2) is 4.39 Å². The average molecular weight is 133 g/mol. The first-order chi connectivity index (χ1) is 4.13. The van der Waals surface area contributed by atoms with Crippen molar-refractivity contribution >= 4 is 0 Å². The lowest BCUT2D eigenvalue weighted by atomic mass is 10.2. The van der Waals surface area contributed by atoms with Gasteiger partial charge >= 0.3 is 0 Å². The normalized spacial score (nSPS) is 46.0. The van der Waals surface area contributed by atoms with Crippen LogP contribution in [0.2, 0.25) is 0 Å². The van der Waals surface area contributed by atoms with Gasteiger partial charge in [0.05, 0.1) is 0 Å². The molecule has 1 N–H and O–H groups in total. The van der Waals surface area contributed by atoms with E-state index in [-0.39, 0.29) is 6.04 Å². The molecule has 1 saturated heterocycles. The van der Waals surface area contributed by atoms with Gasteiger partial charge in [0.1, 0.15) is 12.3 Å². The Morgan fingerprint density at radius 3 is 2.33 bits per heavy atom. The second kappa shape index (κ2) is 2.23. The molecule has 3 atom stereocenters. The zero-order valence-electron chi connectivity index (χ0n) is 5.71. The molecule has 0 amide bonds. The van der Waals surface area contributed by atoms with Crippen LogP contribution in [0.4, 0.5) is 4.39 Å². The van der Waals surface area contributed by atoms with Gasteiger partial charge in [-0.2, -0.15) is 0 Å². The number of halogens is 1. The van der Waals surface area contributed by atoms with Crippen molar-refractivity contribution in [3.05, 3.63) is 0 Å². The maximum Gasteiger partial charge on any atom is 0.140 e. The molecular formula is C6H12FNO. The van der Waals surface area contributed by atoms with Crippen LogP contribution in [-0.4, -0.2) is 41.9 Å². The fourth-order valence-corrected chi connectivity index (χ4v) is 1.11. The lowest BCUT2D eigenvalue weighted by Gasteiger charge is -2.14. The minimum absolute atomic E-state index is 0.0278. The summed E-state index contributed by atoms with van der Waals surface area (Å²) in [5.41, 5.74) is 0. The smallest absolute Gasteiger partial charge is 0.140 e. The molecular weight excluding hydrogens is 121 g/mol. The van der Waals surface area contributed by atoms with Crippen LogP contribution in [0.15, 0.2) is 0 Å². The summed E-state index contributed by atoms with van der Waals surface area (Å²) < 4.78 is 12.5. The zero-order valence-corrected chi connectivity index (χ0v) is 5.71. The molecule has 0 aromatic heterocycles. The molecule has 1 aliphatic heterocycles. The molecule has 9 heavy (non-hydrogen) atoms. The van der Waals surface area contributed by atoms with Gasteiger partial charge in [0.2, 0.25) is 0 Å². The number of alkyl halides is 1. The van der Waals surface area contributed by atoms with Crippen LogP contribution in [0.5, 0.6) is 0 Å². The third kappa shape index (κ3) is 1.07. The van der Waals surface area contributed by atoms with Crippen molar-refractivity contribution in [3.63, 3.8) is 0 Å². The zero-order chi connectivity index (χ0) is 7.02. The highest BCUT2D eigenvalue weighted by Gasteiger charge is 2.35. The lowest BCUT2D eigenvalue weighted by molar-refractivity contribution is 0.0893. The maximum absolute atomic E-state index is 12.5. The van der Waals surface area contributed by atoms with Gasteiger partial charge < -0.3 is 5.11 Å². The Kier molecular flexibility index (Phi) is 1.73. The molecule has 3 heteroatoms. The minimum Gasteiger partial charge on any atom is -0.388 e. The first-order valence-corrected chi connectivity index (χ1v) is 3.15. The first-order valence-electron chi connectivity index (χ1n) is 3.15. The van der Waals surface area contributed by atoms with Gasteiger partial charge in [-0.3, -0.25) is 4.90 Å². The van der Waals surface area contributed by atoms with Crippen molar-refractivity contribution in [2.24, 2.45) is 0 Å². The van der Waals surface area contributed by atoms with E-state index in [1.807, 2.05) is 18.9 Å². The van der Waals surface area contributed by atoms with Crippen molar-refractivity contribution in [2.45, 2.75) is 25.2 Å². The molecule has 0 radical (unpaired) electrons. The Hall–Kier alpha value is -0.150. The standard InChI is InChI=1S/C6H12FNO/c1-4-6(9)5(7)3-8(4)2/h4-6,9H,3H2,1-2H3/t4?,5-,6-/m0/s1. The van der Waals surface area contributed by atoms with Crippen molar-refractivity contribution < 1.29 is 9.50 Å². The topological polar surface area (TPSA) is 23.5 Å². The number of hydrogen-bond donors (Lipinski definition) is 1. The van der Waals surface area contributed by atoms with Crippen molar-refractivity contribution in [1.29, 1.82) is 0 Å². The highest BCUT2D eigenvalue weighted by molar-refractivity contribution is 4.88. The quantitative estimate of drug-likeness (QED) is 0.503. The van der Waals surface area contributed by atoms with Crippen LogP contribution >= 0.6 is 0 Å². The van der Waals surface area contributed by atoms with E-state index in [1.165, 1.54) is 0 Å². The van der Waals surface area contributed by atoms with Gasteiger partial charge in [0, 0.05) is 12.6 Å². The molecule has 1 fully saturated rings. The molecule has 0 aliphatic carbocycles. The molecule has 1 unspecified atom stereocenters. The molecule has 54 valence electrons. The van der Waals surface area contributed by atoms with Gasteiger partial charge in [-0.05, 0) is 14.0 Å². The van der Waals surface area contributed by atoms with Crippen LogP contribution in [0.3, 0.4) is 0 Å². The predicted molar refractivity (Wildman–Crippen MR) is 33.0 cm³/mol. The monoisotopic (exact) mass is 133 g/mol. The number of aliphatic hydroxyl groups is 1. The summed E-state index contributed by atoms with van der Waals surface area (Å²) in [4.78, 5) is 1.81. The Bertz CT molecular complexity index is 97.2.